The summed E-state index contributed by atoms with van der Waals surface area (Å²) in [6.45, 7) is 6.53. The molecule has 115 valence electrons. The number of ether oxygens (including phenoxy) is 2. The van der Waals surface area contributed by atoms with Gasteiger partial charge in [-0.3, -0.25) is 0 Å². The van der Waals surface area contributed by atoms with E-state index < -0.39 is 0 Å². The van der Waals surface area contributed by atoms with E-state index in [1.807, 2.05) is 36.4 Å². The second-order valence-electron chi connectivity index (χ2n) is 4.87. The van der Waals surface area contributed by atoms with Gasteiger partial charge < -0.3 is 15.9 Å². The van der Waals surface area contributed by atoms with E-state index in [2.05, 4.69) is 31.5 Å². The van der Waals surface area contributed by atoms with Gasteiger partial charge in [0.2, 0.25) is 0 Å². The molecule has 0 unspecified atom stereocenters. The summed E-state index contributed by atoms with van der Waals surface area (Å²) < 4.78 is 11.1. The maximum Gasteiger partial charge on any atom is 0.0718 e. The van der Waals surface area contributed by atoms with E-state index in [-0.39, 0.29) is 44.1 Å². The Morgan fingerprint density at radius 3 is 2.32 bits per heavy atom. The molecule has 3 heteroatoms. The van der Waals surface area contributed by atoms with Crippen molar-refractivity contribution >= 4 is 0 Å². The monoisotopic (exact) mass is 509 g/mol. The Hall–Kier alpha value is -0.328. The van der Waals surface area contributed by atoms with Crippen molar-refractivity contribution in [2.75, 3.05) is 19.8 Å². The largest absolute Gasteiger partial charge is 0.411 e. The van der Waals surface area contributed by atoms with Gasteiger partial charge in [-0.1, -0.05) is 43.0 Å². The van der Waals surface area contributed by atoms with Gasteiger partial charge in [0, 0.05) is 44.1 Å². The van der Waals surface area contributed by atoms with E-state index in [4.69, 9.17) is 9.47 Å². The predicted octanol–water partition coefficient (Wildman–Crippen LogP) is 3.85. The van der Waals surface area contributed by atoms with E-state index >= 15 is 0 Å². The van der Waals surface area contributed by atoms with Crippen LogP contribution in [0.4, 0.5) is 0 Å². The van der Waals surface area contributed by atoms with Crippen LogP contribution >= 0.6 is 0 Å². The third-order valence-corrected chi connectivity index (χ3v) is 3.20. The van der Waals surface area contributed by atoms with Crippen LogP contribution in [0.5, 0.6) is 0 Å². The first-order valence-electron chi connectivity index (χ1n) is 7.27. The van der Waals surface area contributed by atoms with Crippen LogP contribution in [0.1, 0.15) is 16.7 Å². The van der Waals surface area contributed by atoms with Crippen molar-refractivity contribution in [3.8, 4) is 0 Å². The standard InChI is InChI=1S/C19H22O2.Ac/c1-17-8-5-6-11-19(17)12-7-13-20-14-15-21-16-18-9-3-2-4-10-18;/h2-11H,1,12-16H2;/q-2;. The zero-order chi connectivity index (χ0) is 14.8. The van der Waals surface area contributed by atoms with Gasteiger partial charge in [-0.2, -0.15) is 30.5 Å². The molecule has 2 nitrogen and oxygen atoms in total. The fourth-order valence-corrected chi connectivity index (χ4v) is 2.02. The van der Waals surface area contributed by atoms with E-state index in [0.717, 1.165) is 12.0 Å². The van der Waals surface area contributed by atoms with Crippen molar-refractivity contribution < 1.29 is 53.5 Å². The van der Waals surface area contributed by atoms with Crippen molar-refractivity contribution in [2.24, 2.45) is 0 Å². The third kappa shape index (κ3) is 7.79. The molecule has 0 bridgehead atoms. The zero-order valence-corrected chi connectivity index (χ0v) is 17.7. The second kappa shape index (κ2) is 12.1. The molecule has 0 atom stereocenters. The van der Waals surface area contributed by atoms with Crippen LogP contribution in [0.15, 0.2) is 54.6 Å². The first kappa shape index (κ1) is 19.7. The topological polar surface area (TPSA) is 18.5 Å². The Balaban J connectivity index is 0.00000242. The number of benzene rings is 2. The van der Waals surface area contributed by atoms with E-state index in [0.29, 0.717) is 26.4 Å². The molecule has 2 aromatic carbocycles. The van der Waals surface area contributed by atoms with Gasteiger partial charge >= 0.3 is 0 Å². The van der Waals surface area contributed by atoms with Crippen molar-refractivity contribution in [3.63, 3.8) is 0 Å². The van der Waals surface area contributed by atoms with Crippen LogP contribution < -0.4 is 0 Å². The molecule has 0 aliphatic rings. The molecular formula is C19H22AcO2-2. The summed E-state index contributed by atoms with van der Waals surface area (Å²) in [5.41, 5.74) is 3.53. The summed E-state index contributed by atoms with van der Waals surface area (Å²) in [4.78, 5) is 0. The molecule has 0 aliphatic carbocycles. The van der Waals surface area contributed by atoms with Gasteiger partial charge in [-0.05, 0) is 5.56 Å². The average Bonchev–Trinajstić information content (AvgIpc) is 2.52. The van der Waals surface area contributed by atoms with Gasteiger partial charge in [0.25, 0.3) is 0 Å². The van der Waals surface area contributed by atoms with E-state index in [9.17, 15) is 0 Å². The molecule has 2 aromatic rings. The summed E-state index contributed by atoms with van der Waals surface area (Å²) in [6.07, 6.45) is 3.02. The molecule has 0 amide bonds. The zero-order valence-electron chi connectivity index (χ0n) is 12.9. The Morgan fingerprint density at radius 1 is 0.864 bits per heavy atom. The van der Waals surface area contributed by atoms with Gasteiger partial charge in [-0.15, -0.1) is 12.1 Å². The minimum absolute atomic E-state index is 0. The van der Waals surface area contributed by atoms with Crippen LogP contribution in [0.25, 0.3) is 0 Å². The molecule has 0 saturated carbocycles. The summed E-state index contributed by atoms with van der Waals surface area (Å²) in [6, 6.07) is 18.3. The van der Waals surface area contributed by atoms with Gasteiger partial charge in [-0.25, -0.2) is 0 Å². The fourth-order valence-electron chi connectivity index (χ4n) is 2.02. The van der Waals surface area contributed by atoms with Crippen molar-refractivity contribution in [3.05, 3.63) is 84.6 Å². The minimum atomic E-state index is 0. The van der Waals surface area contributed by atoms with Gasteiger partial charge in [0.15, 0.2) is 0 Å². The quantitative estimate of drug-likeness (QED) is 0.378. The summed E-state index contributed by atoms with van der Waals surface area (Å²) in [5.74, 6) is 0. The van der Waals surface area contributed by atoms with Gasteiger partial charge in [0.1, 0.15) is 0 Å². The second-order valence-corrected chi connectivity index (χ2v) is 4.87. The predicted molar refractivity (Wildman–Crippen MR) is 85.8 cm³/mol. The Kier molecular flexibility index (Phi) is 10.9. The molecule has 22 heavy (non-hydrogen) atoms. The van der Waals surface area contributed by atoms with Crippen LogP contribution in [0.2, 0.25) is 0 Å². The maximum atomic E-state index is 5.55. The molecule has 2 rings (SSSR count). The first-order chi connectivity index (χ1) is 10.4. The van der Waals surface area contributed by atoms with Crippen LogP contribution in [0, 0.1) is 57.4 Å². The molecule has 0 heterocycles. The minimum Gasteiger partial charge on any atom is -0.411 e. The SMILES string of the molecule is [Ac].[CH2-]c1ccccc1C[CH-]COCCOCc1ccccc1. The Labute approximate surface area is 169 Å². The average molecular weight is 509 g/mol. The molecular weight excluding hydrogens is 487 g/mol. The third-order valence-electron chi connectivity index (χ3n) is 3.20. The van der Waals surface area contributed by atoms with Gasteiger partial charge in [0.05, 0.1) is 19.8 Å². The molecule has 0 aromatic heterocycles. The first-order valence-corrected chi connectivity index (χ1v) is 7.27. The molecule has 0 spiro atoms. The molecule has 1 radical (unpaired) electrons. The van der Waals surface area contributed by atoms with Crippen LogP contribution in [0.3, 0.4) is 0 Å². The normalized spacial score (nSPS) is 10.2. The fraction of sp³-hybridized carbons (Fsp3) is 0.263. The smallest absolute Gasteiger partial charge is 0.0718 e. The van der Waals surface area contributed by atoms with E-state index in [1.54, 1.807) is 0 Å². The summed E-state index contributed by atoms with van der Waals surface area (Å²) in [5, 5.41) is 0. The summed E-state index contributed by atoms with van der Waals surface area (Å²) in [7, 11) is 0. The number of hydrogen-bond acceptors (Lipinski definition) is 2. The molecule has 0 saturated heterocycles. The van der Waals surface area contributed by atoms with Crippen molar-refractivity contribution in [1.29, 1.82) is 0 Å². The van der Waals surface area contributed by atoms with Crippen LogP contribution in [-0.2, 0) is 22.5 Å². The molecule has 0 fully saturated rings. The maximum absolute atomic E-state index is 5.55. The molecule has 0 aliphatic heterocycles. The van der Waals surface area contributed by atoms with Crippen molar-refractivity contribution in [2.45, 2.75) is 13.0 Å². The van der Waals surface area contributed by atoms with E-state index in [1.165, 1.54) is 11.1 Å². The Bertz CT molecular complexity index is 514. The van der Waals surface area contributed by atoms with Crippen molar-refractivity contribution in [1.82, 2.24) is 0 Å². The summed E-state index contributed by atoms with van der Waals surface area (Å²) >= 11 is 0. The Morgan fingerprint density at radius 2 is 1.55 bits per heavy atom. The number of hydrogen-bond donors (Lipinski definition) is 0. The van der Waals surface area contributed by atoms with Crippen LogP contribution in [-0.4, -0.2) is 19.8 Å². The molecule has 0 N–H and O–H groups in total. The number of rotatable bonds is 9.